The van der Waals surface area contributed by atoms with Crippen molar-refractivity contribution < 1.29 is 33.9 Å². The largest absolute Gasteiger partial charge is 0.480 e. The number of carboxylic acids is 1. The van der Waals surface area contributed by atoms with Gasteiger partial charge in [-0.2, -0.15) is 0 Å². The zero-order chi connectivity index (χ0) is 39.9. The second kappa shape index (κ2) is 21.5. The van der Waals surface area contributed by atoms with Crippen molar-refractivity contribution in [2.75, 3.05) is 0 Å². The number of carboxylic acid groups (broad SMARTS) is 1. The first-order valence-electron chi connectivity index (χ1n) is 18.6. The van der Waals surface area contributed by atoms with Gasteiger partial charge in [0.05, 0.1) is 0 Å². The third kappa shape index (κ3) is 16.1. The molecule has 0 aliphatic rings. The number of carbonyl (C=O) groups is 6. The Labute approximate surface area is 310 Å². The molecule has 0 spiro atoms. The molecular weight excluding hydrogens is 664 g/mol. The van der Waals surface area contributed by atoms with Gasteiger partial charge in [-0.25, -0.2) is 4.79 Å². The summed E-state index contributed by atoms with van der Waals surface area (Å²) in [7, 11) is 0. The van der Waals surface area contributed by atoms with E-state index in [1.807, 2.05) is 85.7 Å². The quantitative estimate of drug-likeness (QED) is 0.0996. The van der Waals surface area contributed by atoms with Crippen LogP contribution in [0, 0.1) is 29.1 Å². The van der Waals surface area contributed by atoms with Crippen LogP contribution in [-0.2, 0) is 35.2 Å². The molecule has 52 heavy (non-hydrogen) atoms. The lowest BCUT2D eigenvalue weighted by molar-refractivity contribution is -0.143. The van der Waals surface area contributed by atoms with E-state index < -0.39 is 71.3 Å². The van der Waals surface area contributed by atoms with Gasteiger partial charge in [-0.3, -0.25) is 24.0 Å². The van der Waals surface area contributed by atoms with Gasteiger partial charge in [0.15, 0.2) is 0 Å². The molecule has 7 atom stereocenters. The van der Waals surface area contributed by atoms with Crippen LogP contribution in [0.3, 0.4) is 0 Å². The minimum atomic E-state index is -1.17. The molecule has 0 bridgehead atoms. The summed E-state index contributed by atoms with van der Waals surface area (Å²) in [6, 6.07) is 3.66. The summed E-state index contributed by atoms with van der Waals surface area (Å²) in [6.07, 6.45) is 1.21. The summed E-state index contributed by atoms with van der Waals surface area (Å²) in [5, 5.41) is 23.6. The summed E-state index contributed by atoms with van der Waals surface area (Å²) in [6.45, 7) is 20.2. The summed E-state index contributed by atoms with van der Waals surface area (Å²) in [4.78, 5) is 78.8. The average Bonchev–Trinajstić information content (AvgIpc) is 3.02. The van der Waals surface area contributed by atoms with Gasteiger partial charge >= 0.3 is 5.97 Å². The van der Waals surface area contributed by atoms with Crippen molar-refractivity contribution in [1.29, 1.82) is 0 Å². The number of nitrogens with two attached hydrogens (primary N) is 1. The van der Waals surface area contributed by atoms with E-state index in [1.54, 1.807) is 20.8 Å². The van der Waals surface area contributed by atoms with Gasteiger partial charge in [-0.05, 0) is 47.5 Å². The molecule has 0 aliphatic carbocycles. The van der Waals surface area contributed by atoms with Gasteiger partial charge < -0.3 is 37.4 Å². The Balaban J connectivity index is 3.31. The van der Waals surface area contributed by atoms with Gasteiger partial charge in [0.25, 0.3) is 0 Å². The van der Waals surface area contributed by atoms with Gasteiger partial charge in [0.1, 0.15) is 24.2 Å². The van der Waals surface area contributed by atoms with Crippen molar-refractivity contribution in [2.24, 2.45) is 34.8 Å². The van der Waals surface area contributed by atoms with E-state index in [-0.39, 0.29) is 48.8 Å². The average molecular weight is 731 g/mol. The van der Waals surface area contributed by atoms with Crippen molar-refractivity contribution >= 4 is 35.5 Å². The van der Waals surface area contributed by atoms with E-state index in [2.05, 4.69) is 26.6 Å². The Bertz CT molecular complexity index is 1330. The first-order valence-corrected chi connectivity index (χ1v) is 18.6. The predicted molar refractivity (Wildman–Crippen MR) is 203 cm³/mol. The molecule has 1 rings (SSSR count). The lowest BCUT2D eigenvalue weighted by Crippen LogP contribution is -2.61. The molecule has 294 valence electrons. The molecule has 0 aromatic heterocycles. The molecule has 0 saturated heterocycles. The van der Waals surface area contributed by atoms with E-state index in [4.69, 9.17) is 5.73 Å². The van der Waals surface area contributed by atoms with Crippen molar-refractivity contribution in [3.8, 4) is 0 Å². The molecule has 0 saturated carbocycles. The molecule has 0 fully saturated rings. The maximum Gasteiger partial charge on any atom is 0.326 e. The highest BCUT2D eigenvalue weighted by Crippen LogP contribution is 2.21. The standard InChI is InChI=1S/C39H66N6O7/c1-12-25(8)33(36(49)44-32(24(6)7)38(51)52)43-31(47)21-27(40)28(20-26-16-14-13-15-17-26)42-37(50)34(39(9,10)11)45-35(48)29(18-22(2)3)41-30(46)19-23(4)5/h13-17,22-25,27-29,32-34H,12,18-21,40H2,1-11H3,(H,41,46)(H,42,50)(H,43,47)(H,44,49)(H,45,48)(H,51,52)/t25-,27-,28-,29-,32-,33-,34+/m0/s1. The molecule has 0 unspecified atom stereocenters. The summed E-state index contributed by atoms with van der Waals surface area (Å²) in [5.74, 6) is -4.01. The highest BCUT2D eigenvalue weighted by atomic mass is 16.4. The first-order chi connectivity index (χ1) is 24.1. The number of rotatable bonds is 21. The lowest BCUT2D eigenvalue weighted by Gasteiger charge is -2.34. The van der Waals surface area contributed by atoms with Crippen LogP contribution in [0.2, 0.25) is 0 Å². The molecule has 5 amide bonds. The van der Waals surface area contributed by atoms with E-state index in [0.29, 0.717) is 12.8 Å². The van der Waals surface area contributed by atoms with Crippen molar-refractivity contribution in [3.63, 3.8) is 0 Å². The second-order valence-corrected chi connectivity index (χ2v) is 16.3. The maximum atomic E-state index is 14.1. The molecule has 1 aromatic rings. The van der Waals surface area contributed by atoms with E-state index in [0.717, 1.165) is 5.56 Å². The Morgan fingerprint density at radius 1 is 0.712 bits per heavy atom. The van der Waals surface area contributed by atoms with Crippen LogP contribution >= 0.6 is 0 Å². The van der Waals surface area contributed by atoms with Crippen LogP contribution in [-0.4, -0.2) is 76.9 Å². The monoisotopic (exact) mass is 730 g/mol. The molecule has 13 nitrogen and oxygen atoms in total. The topological polar surface area (TPSA) is 209 Å². The molecule has 8 N–H and O–H groups in total. The highest BCUT2D eigenvalue weighted by Gasteiger charge is 2.37. The van der Waals surface area contributed by atoms with Gasteiger partial charge in [-0.1, -0.05) is 113 Å². The second-order valence-electron chi connectivity index (χ2n) is 16.3. The Hall–Kier alpha value is -4.00. The van der Waals surface area contributed by atoms with Gasteiger partial charge in [0, 0.05) is 24.9 Å². The van der Waals surface area contributed by atoms with Crippen LogP contribution in [0.15, 0.2) is 30.3 Å². The minimum Gasteiger partial charge on any atom is -0.480 e. The third-order valence-corrected chi connectivity index (χ3v) is 8.97. The predicted octanol–water partition coefficient (Wildman–Crippen LogP) is 3.30. The fraction of sp³-hybridized carbons (Fsp3) is 0.692. The lowest BCUT2D eigenvalue weighted by atomic mass is 9.85. The number of aliphatic carboxylic acids is 1. The van der Waals surface area contributed by atoms with Crippen LogP contribution in [0.25, 0.3) is 0 Å². The Morgan fingerprint density at radius 3 is 1.77 bits per heavy atom. The summed E-state index contributed by atoms with van der Waals surface area (Å²) in [5.41, 5.74) is 6.77. The molecular formula is C39H66N6O7. The fourth-order valence-electron chi connectivity index (χ4n) is 5.74. The van der Waals surface area contributed by atoms with E-state index in [9.17, 15) is 33.9 Å². The smallest absolute Gasteiger partial charge is 0.326 e. The van der Waals surface area contributed by atoms with Crippen LogP contribution in [0.1, 0.15) is 107 Å². The van der Waals surface area contributed by atoms with Crippen molar-refractivity contribution in [1.82, 2.24) is 26.6 Å². The minimum absolute atomic E-state index is 0.0937. The van der Waals surface area contributed by atoms with Gasteiger partial charge in [-0.15, -0.1) is 0 Å². The number of nitrogens with one attached hydrogen (secondary N) is 5. The number of carbonyl (C=O) groups excluding carboxylic acids is 5. The van der Waals surface area contributed by atoms with E-state index in [1.165, 1.54) is 0 Å². The number of amides is 5. The Kier molecular flexibility index (Phi) is 19.0. The SMILES string of the molecule is CC[C@H](C)[C@H](NC(=O)C[C@H](N)[C@H](Cc1ccccc1)NC(=O)[C@@H](NC(=O)[C@H](CC(C)C)NC(=O)CC(C)C)C(C)(C)C)C(=O)N[C@H](C(=O)O)C(C)C. The van der Waals surface area contributed by atoms with Crippen LogP contribution < -0.4 is 32.3 Å². The number of benzene rings is 1. The number of hydrogen-bond acceptors (Lipinski definition) is 7. The molecule has 0 heterocycles. The van der Waals surface area contributed by atoms with Crippen molar-refractivity contribution in [2.45, 2.75) is 145 Å². The summed E-state index contributed by atoms with van der Waals surface area (Å²) < 4.78 is 0. The van der Waals surface area contributed by atoms with Crippen LogP contribution in [0.5, 0.6) is 0 Å². The van der Waals surface area contributed by atoms with Gasteiger partial charge in [0.2, 0.25) is 29.5 Å². The highest BCUT2D eigenvalue weighted by molar-refractivity contribution is 5.93. The van der Waals surface area contributed by atoms with E-state index >= 15 is 0 Å². The fourth-order valence-corrected chi connectivity index (χ4v) is 5.74. The summed E-state index contributed by atoms with van der Waals surface area (Å²) >= 11 is 0. The molecule has 1 aromatic carbocycles. The first kappa shape index (κ1) is 46.0. The molecule has 0 radical (unpaired) electrons. The maximum absolute atomic E-state index is 14.1. The zero-order valence-electron chi connectivity index (χ0n) is 33.2. The molecule has 13 heteroatoms. The molecule has 0 aliphatic heterocycles. The third-order valence-electron chi connectivity index (χ3n) is 8.97. The van der Waals surface area contributed by atoms with Crippen LogP contribution in [0.4, 0.5) is 0 Å². The Morgan fingerprint density at radius 2 is 1.29 bits per heavy atom. The number of hydrogen-bond donors (Lipinski definition) is 7. The normalized spacial score (nSPS) is 15.8. The van der Waals surface area contributed by atoms with Crippen molar-refractivity contribution in [3.05, 3.63) is 35.9 Å². The zero-order valence-corrected chi connectivity index (χ0v) is 33.2.